The lowest BCUT2D eigenvalue weighted by Crippen LogP contribution is -2.14. The van der Waals surface area contributed by atoms with E-state index in [2.05, 4.69) is 69.3 Å². The second-order valence-electron chi connectivity index (χ2n) is 7.08. The van der Waals surface area contributed by atoms with Gasteiger partial charge in [0, 0.05) is 0 Å². The molecule has 0 aliphatic heterocycles. The molecule has 2 aromatic rings. The van der Waals surface area contributed by atoms with Crippen LogP contribution in [0.25, 0.3) is 0 Å². The Bertz CT molecular complexity index is 584. The summed E-state index contributed by atoms with van der Waals surface area (Å²) in [5.41, 5.74) is 6.28. The van der Waals surface area contributed by atoms with Gasteiger partial charge < -0.3 is 0 Å². The first-order valence-corrected chi connectivity index (χ1v) is 7.71. The van der Waals surface area contributed by atoms with Gasteiger partial charge in [0.15, 0.2) is 0 Å². The summed E-state index contributed by atoms with van der Waals surface area (Å²) >= 11 is 0. The molecule has 1 aliphatic rings. The van der Waals surface area contributed by atoms with E-state index in [1.165, 1.54) is 30.4 Å². The van der Waals surface area contributed by atoms with Crippen molar-refractivity contribution in [3.63, 3.8) is 0 Å². The van der Waals surface area contributed by atoms with Crippen LogP contribution in [0.2, 0.25) is 0 Å². The minimum atomic E-state index is 0.248. The van der Waals surface area contributed by atoms with Gasteiger partial charge in [-0.25, -0.2) is 0 Å². The summed E-state index contributed by atoms with van der Waals surface area (Å²) in [5.74, 6) is 0.693. The zero-order valence-corrected chi connectivity index (χ0v) is 12.8. The summed E-state index contributed by atoms with van der Waals surface area (Å²) < 4.78 is 0. The molecule has 0 fully saturated rings. The third kappa shape index (κ3) is 2.65. The Morgan fingerprint density at radius 3 is 2.15 bits per heavy atom. The minimum absolute atomic E-state index is 0.248. The fraction of sp³-hybridized carbons (Fsp3) is 0.400. The molecule has 20 heavy (non-hydrogen) atoms. The highest BCUT2D eigenvalue weighted by atomic mass is 14.2. The molecule has 3 rings (SSSR count). The van der Waals surface area contributed by atoms with E-state index in [1.54, 1.807) is 11.1 Å². The van der Waals surface area contributed by atoms with Crippen molar-refractivity contribution in [1.82, 2.24) is 0 Å². The molecule has 0 bridgehead atoms. The predicted molar refractivity (Wildman–Crippen MR) is 86.4 cm³/mol. The first-order chi connectivity index (χ1) is 9.54. The van der Waals surface area contributed by atoms with E-state index >= 15 is 0 Å². The maximum Gasteiger partial charge on any atom is -0.0118 e. The highest BCUT2D eigenvalue weighted by Gasteiger charge is 2.20. The van der Waals surface area contributed by atoms with Gasteiger partial charge in [0.2, 0.25) is 0 Å². The maximum absolute atomic E-state index is 2.35. The van der Waals surface area contributed by atoms with Crippen LogP contribution in [0.1, 0.15) is 55.4 Å². The number of fused-ring (bicyclic) bond motifs is 1. The van der Waals surface area contributed by atoms with Crippen LogP contribution in [0.4, 0.5) is 0 Å². The van der Waals surface area contributed by atoms with Crippen molar-refractivity contribution in [2.45, 2.75) is 51.4 Å². The molecule has 2 aromatic carbocycles. The van der Waals surface area contributed by atoms with Crippen LogP contribution in [0.5, 0.6) is 0 Å². The topological polar surface area (TPSA) is 0 Å². The van der Waals surface area contributed by atoms with Gasteiger partial charge in [-0.15, -0.1) is 0 Å². The van der Waals surface area contributed by atoms with Crippen molar-refractivity contribution in [1.29, 1.82) is 0 Å². The first-order valence-electron chi connectivity index (χ1n) is 7.71. The van der Waals surface area contributed by atoms with E-state index in [0.717, 1.165) is 0 Å². The summed E-state index contributed by atoms with van der Waals surface area (Å²) in [4.78, 5) is 0. The Hall–Kier alpha value is -1.56. The van der Waals surface area contributed by atoms with Crippen LogP contribution < -0.4 is 0 Å². The quantitative estimate of drug-likeness (QED) is 0.659. The van der Waals surface area contributed by atoms with E-state index in [4.69, 9.17) is 0 Å². The molecular weight excluding hydrogens is 240 g/mol. The lowest BCUT2D eigenvalue weighted by Gasteiger charge is -2.26. The van der Waals surface area contributed by atoms with Gasteiger partial charge in [-0.1, -0.05) is 69.3 Å². The molecule has 0 spiro atoms. The molecule has 0 aromatic heterocycles. The normalized spacial score (nSPS) is 18.6. The zero-order valence-electron chi connectivity index (χ0n) is 12.8. The fourth-order valence-corrected chi connectivity index (χ4v) is 3.24. The molecule has 0 amide bonds. The highest BCUT2D eigenvalue weighted by Crippen LogP contribution is 2.33. The monoisotopic (exact) mass is 264 g/mol. The Labute approximate surface area is 122 Å². The zero-order chi connectivity index (χ0) is 14.2. The molecule has 1 unspecified atom stereocenters. The average molecular weight is 264 g/mol. The standard InChI is InChI=1S/C20H24/c1-20(2,3)19-12-10-16(11-13-19)18-9-8-15-6-4-5-7-17(15)14-18/h4-7,10-13,18H,8-9,14H2,1-3H3. The van der Waals surface area contributed by atoms with Gasteiger partial charge in [0.05, 0.1) is 0 Å². The van der Waals surface area contributed by atoms with Crippen molar-refractivity contribution in [3.05, 3.63) is 70.8 Å². The Kier molecular flexibility index (Phi) is 3.41. The molecular formula is C20H24. The lowest BCUT2D eigenvalue weighted by molar-refractivity contribution is 0.577. The van der Waals surface area contributed by atoms with Crippen LogP contribution in [-0.2, 0) is 18.3 Å². The van der Waals surface area contributed by atoms with Crippen molar-refractivity contribution >= 4 is 0 Å². The number of hydrogen-bond donors (Lipinski definition) is 0. The Balaban J connectivity index is 1.81. The van der Waals surface area contributed by atoms with Gasteiger partial charge in [-0.2, -0.15) is 0 Å². The van der Waals surface area contributed by atoms with E-state index in [9.17, 15) is 0 Å². The number of benzene rings is 2. The second kappa shape index (κ2) is 5.09. The predicted octanol–water partition coefficient (Wildman–Crippen LogP) is 5.26. The van der Waals surface area contributed by atoms with Crippen molar-refractivity contribution in [2.75, 3.05) is 0 Å². The van der Waals surface area contributed by atoms with E-state index < -0.39 is 0 Å². The van der Waals surface area contributed by atoms with Crippen molar-refractivity contribution in [2.24, 2.45) is 0 Å². The van der Waals surface area contributed by atoms with Gasteiger partial charge in [-0.3, -0.25) is 0 Å². The van der Waals surface area contributed by atoms with Crippen LogP contribution in [0, 0.1) is 0 Å². The molecule has 0 saturated heterocycles. The van der Waals surface area contributed by atoms with Crippen LogP contribution >= 0.6 is 0 Å². The van der Waals surface area contributed by atoms with Gasteiger partial charge in [-0.05, 0) is 52.8 Å². The van der Waals surface area contributed by atoms with E-state index in [-0.39, 0.29) is 5.41 Å². The summed E-state index contributed by atoms with van der Waals surface area (Å²) in [6.45, 7) is 6.83. The highest BCUT2D eigenvalue weighted by molar-refractivity contribution is 5.35. The lowest BCUT2D eigenvalue weighted by atomic mass is 9.79. The van der Waals surface area contributed by atoms with Gasteiger partial charge in [0.1, 0.15) is 0 Å². The molecule has 0 N–H and O–H groups in total. The van der Waals surface area contributed by atoms with Gasteiger partial charge >= 0.3 is 0 Å². The van der Waals surface area contributed by atoms with Gasteiger partial charge in [0.25, 0.3) is 0 Å². The van der Waals surface area contributed by atoms with Crippen LogP contribution in [0.15, 0.2) is 48.5 Å². The van der Waals surface area contributed by atoms with Crippen molar-refractivity contribution in [3.8, 4) is 0 Å². The molecule has 0 heteroatoms. The summed E-state index contributed by atoms with van der Waals surface area (Å²) in [5, 5.41) is 0. The molecule has 0 heterocycles. The smallest absolute Gasteiger partial charge is 0.0118 e. The average Bonchev–Trinajstić information content (AvgIpc) is 2.46. The minimum Gasteiger partial charge on any atom is -0.0620 e. The Morgan fingerprint density at radius 1 is 0.850 bits per heavy atom. The third-order valence-electron chi connectivity index (χ3n) is 4.59. The molecule has 1 aliphatic carbocycles. The first kappa shape index (κ1) is 13.4. The Morgan fingerprint density at radius 2 is 1.50 bits per heavy atom. The number of aryl methyl sites for hydroxylation is 1. The molecule has 1 atom stereocenters. The van der Waals surface area contributed by atoms with Crippen molar-refractivity contribution < 1.29 is 0 Å². The maximum atomic E-state index is 2.35. The number of hydrogen-bond acceptors (Lipinski definition) is 0. The second-order valence-corrected chi connectivity index (χ2v) is 7.08. The largest absolute Gasteiger partial charge is 0.0620 e. The molecule has 0 saturated carbocycles. The molecule has 104 valence electrons. The number of rotatable bonds is 1. The van der Waals surface area contributed by atoms with E-state index in [0.29, 0.717) is 5.92 Å². The third-order valence-corrected chi connectivity index (χ3v) is 4.59. The summed E-state index contributed by atoms with van der Waals surface area (Å²) in [6.07, 6.45) is 3.71. The summed E-state index contributed by atoms with van der Waals surface area (Å²) in [6, 6.07) is 18.2. The molecule has 0 nitrogen and oxygen atoms in total. The summed E-state index contributed by atoms with van der Waals surface area (Å²) in [7, 11) is 0. The SMILES string of the molecule is CC(C)(C)c1ccc(C2CCc3ccccc3C2)cc1. The van der Waals surface area contributed by atoms with Crippen LogP contribution in [-0.4, -0.2) is 0 Å². The fourth-order valence-electron chi connectivity index (χ4n) is 3.24. The van der Waals surface area contributed by atoms with Crippen LogP contribution in [0.3, 0.4) is 0 Å². The van der Waals surface area contributed by atoms with E-state index in [1.807, 2.05) is 0 Å². The molecule has 0 radical (unpaired) electrons.